The summed E-state index contributed by atoms with van der Waals surface area (Å²) in [5, 5.41) is 12.0. The predicted molar refractivity (Wildman–Crippen MR) is 85.4 cm³/mol. The zero-order valence-electron chi connectivity index (χ0n) is 12.6. The first-order valence-electron chi connectivity index (χ1n) is 7.18. The number of hydrogen-bond acceptors (Lipinski definition) is 4. The van der Waals surface area contributed by atoms with Crippen molar-refractivity contribution in [2.24, 2.45) is 0 Å². The SMILES string of the molecule is CCNc1nc(-c2ccc(C(=O)O)cc2)ccc1C(=O)CC. The lowest BCUT2D eigenvalue weighted by atomic mass is 10.1. The van der Waals surface area contributed by atoms with Crippen molar-refractivity contribution in [3.63, 3.8) is 0 Å². The monoisotopic (exact) mass is 298 g/mol. The molecule has 0 unspecified atom stereocenters. The van der Waals surface area contributed by atoms with Crippen LogP contribution in [0.15, 0.2) is 36.4 Å². The number of nitrogens with zero attached hydrogens (tertiary/aromatic N) is 1. The maximum absolute atomic E-state index is 11.9. The van der Waals surface area contributed by atoms with E-state index in [0.717, 1.165) is 5.56 Å². The summed E-state index contributed by atoms with van der Waals surface area (Å²) in [5.74, 6) is -0.359. The van der Waals surface area contributed by atoms with Crippen LogP contribution in [0.3, 0.4) is 0 Å². The van der Waals surface area contributed by atoms with Gasteiger partial charge < -0.3 is 10.4 Å². The van der Waals surface area contributed by atoms with Gasteiger partial charge in [0.2, 0.25) is 0 Å². The maximum Gasteiger partial charge on any atom is 0.335 e. The summed E-state index contributed by atoms with van der Waals surface area (Å²) in [6.07, 6.45) is 0.423. The van der Waals surface area contributed by atoms with Crippen molar-refractivity contribution < 1.29 is 14.7 Å². The van der Waals surface area contributed by atoms with Crippen LogP contribution in [0, 0.1) is 0 Å². The van der Waals surface area contributed by atoms with Gasteiger partial charge in [-0.2, -0.15) is 0 Å². The van der Waals surface area contributed by atoms with Gasteiger partial charge in [0.05, 0.1) is 16.8 Å². The van der Waals surface area contributed by atoms with Gasteiger partial charge in [-0.05, 0) is 31.2 Å². The fraction of sp³-hybridized carbons (Fsp3) is 0.235. The van der Waals surface area contributed by atoms with Gasteiger partial charge in [0.1, 0.15) is 5.82 Å². The summed E-state index contributed by atoms with van der Waals surface area (Å²) >= 11 is 0. The quantitative estimate of drug-likeness (QED) is 0.798. The van der Waals surface area contributed by atoms with Gasteiger partial charge in [-0.15, -0.1) is 0 Å². The zero-order valence-corrected chi connectivity index (χ0v) is 12.6. The highest BCUT2D eigenvalue weighted by Crippen LogP contribution is 2.23. The second kappa shape index (κ2) is 6.85. The van der Waals surface area contributed by atoms with Crippen LogP contribution in [0.1, 0.15) is 41.0 Å². The van der Waals surface area contributed by atoms with E-state index in [1.165, 1.54) is 12.1 Å². The number of hydrogen-bond donors (Lipinski definition) is 2. The third-order valence-corrected chi connectivity index (χ3v) is 3.29. The molecule has 1 aromatic carbocycles. The Hall–Kier alpha value is -2.69. The Balaban J connectivity index is 2.41. The standard InChI is InChI=1S/C17H18N2O3/c1-3-15(20)13-9-10-14(19-16(13)18-4-2)11-5-7-12(8-6-11)17(21)22/h5-10H,3-4H2,1-2H3,(H,18,19)(H,21,22). The Kier molecular flexibility index (Phi) is 4.88. The van der Waals surface area contributed by atoms with Crippen molar-refractivity contribution >= 4 is 17.6 Å². The lowest BCUT2D eigenvalue weighted by Gasteiger charge is -2.11. The molecule has 0 bridgehead atoms. The zero-order chi connectivity index (χ0) is 16.1. The molecule has 0 amide bonds. The Morgan fingerprint density at radius 1 is 1.09 bits per heavy atom. The predicted octanol–water partition coefficient (Wildman–Crippen LogP) is 3.47. The summed E-state index contributed by atoms with van der Waals surface area (Å²) in [6, 6.07) is 10.0. The van der Waals surface area contributed by atoms with E-state index in [2.05, 4.69) is 10.3 Å². The summed E-state index contributed by atoms with van der Waals surface area (Å²) in [5.41, 5.74) is 2.31. The molecule has 5 nitrogen and oxygen atoms in total. The van der Waals surface area contributed by atoms with Crippen molar-refractivity contribution in [1.29, 1.82) is 0 Å². The van der Waals surface area contributed by atoms with Crippen molar-refractivity contribution in [2.45, 2.75) is 20.3 Å². The summed E-state index contributed by atoms with van der Waals surface area (Å²) in [4.78, 5) is 27.3. The molecule has 22 heavy (non-hydrogen) atoms. The van der Waals surface area contributed by atoms with Crippen molar-refractivity contribution in [3.05, 3.63) is 47.5 Å². The van der Waals surface area contributed by atoms with Gasteiger partial charge in [0.15, 0.2) is 5.78 Å². The molecule has 0 saturated heterocycles. The van der Waals surface area contributed by atoms with Crippen molar-refractivity contribution in [3.8, 4) is 11.3 Å². The number of ketones is 1. The number of carbonyl (C=O) groups excluding carboxylic acids is 1. The van der Waals surface area contributed by atoms with E-state index >= 15 is 0 Å². The number of carboxylic acids is 1. The molecule has 1 heterocycles. The highest BCUT2D eigenvalue weighted by atomic mass is 16.4. The first kappa shape index (κ1) is 15.7. The summed E-state index contributed by atoms with van der Waals surface area (Å²) in [7, 11) is 0. The van der Waals surface area contributed by atoms with E-state index in [1.807, 2.05) is 13.8 Å². The Labute approximate surface area is 129 Å². The molecule has 2 rings (SSSR count). The summed E-state index contributed by atoms with van der Waals surface area (Å²) < 4.78 is 0. The molecular formula is C17H18N2O3. The number of nitrogens with one attached hydrogen (secondary N) is 1. The number of aromatic nitrogens is 1. The maximum atomic E-state index is 11.9. The van der Waals surface area contributed by atoms with Gasteiger partial charge in [-0.1, -0.05) is 19.1 Å². The minimum atomic E-state index is -0.961. The van der Waals surface area contributed by atoms with Gasteiger partial charge in [-0.25, -0.2) is 9.78 Å². The largest absolute Gasteiger partial charge is 0.478 e. The topological polar surface area (TPSA) is 79.3 Å². The second-order valence-electron chi connectivity index (χ2n) is 4.78. The number of carboxylic acid groups (broad SMARTS) is 1. The minimum Gasteiger partial charge on any atom is -0.478 e. The number of pyridine rings is 1. The number of benzene rings is 1. The van der Waals surface area contributed by atoms with Gasteiger partial charge in [0, 0.05) is 18.5 Å². The molecule has 114 valence electrons. The molecule has 0 fully saturated rings. The average molecular weight is 298 g/mol. The molecular weight excluding hydrogens is 280 g/mol. The highest BCUT2D eigenvalue weighted by Gasteiger charge is 2.12. The molecule has 2 N–H and O–H groups in total. The van der Waals surface area contributed by atoms with Gasteiger partial charge in [-0.3, -0.25) is 4.79 Å². The molecule has 0 aliphatic rings. The van der Waals surface area contributed by atoms with Gasteiger partial charge >= 0.3 is 5.97 Å². The molecule has 0 radical (unpaired) electrons. The highest BCUT2D eigenvalue weighted by molar-refractivity contribution is 6.00. The molecule has 1 aromatic heterocycles. The number of carbonyl (C=O) groups is 2. The van der Waals surface area contributed by atoms with E-state index in [-0.39, 0.29) is 11.3 Å². The Bertz CT molecular complexity index is 694. The van der Waals surface area contributed by atoms with E-state index in [1.54, 1.807) is 24.3 Å². The van der Waals surface area contributed by atoms with E-state index < -0.39 is 5.97 Å². The van der Waals surface area contributed by atoms with E-state index in [0.29, 0.717) is 30.0 Å². The number of anilines is 1. The Morgan fingerprint density at radius 3 is 2.32 bits per heavy atom. The Morgan fingerprint density at radius 2 is 1.77 bits per heavy atom. The van der Waals surface area contributed by atoms with Crippen molar-refractivity contribution in [1.82, 2.24) is 4.98 Å². The normalized spacial score (nSPS) is 10.3. The molecule has 0 aliphatic carbocycles. The van der Waals surface area contributed by atoms with E-state index in [4.69, 9.17) is 5.11 Å². The fourth-order valence-corrected chi connectivity index (χ4v) is 2.12. The van der Waals surface area contributed by atoms with Crippen LogP contribution in [0.4, 0.5) is 5.82 Å². The smallest absolute Gasteiger partial charge is 0.335 e. The molecule has 0 spiro atoms. The molecule has 0 aliphatic heterocycles. The molecule has 0 atom stereocenters. The van der Waals surface area contributed by atoms with Crippen LogP contribution < -0.4 is 5.32 Å². The van der Waals surface area contributed by atoms with Crippen LogP contribution >= 0.6 is 0 Å². The van der Waals surface area contributed by atoms with Gasteiger partial charge in [0.25, 0.3) is 0 Å². The minimum absolute atomic E-state index is 0.0382. The number of aromatic carboxylic acids is 1. The van der Waals surface area contributed by atoms with Crippen LogP contribution in [-0.2, 0) is 0 Å². The lowest BCUT2D eigenvalue weighted by Crippen LogP contribution is -2.08. The fourth-order valence-electron chi connectivity index (χ4n) is 2.12. The first-order chi connectivity index (χ1) is 10.6. The number of Topliss-reactive ketones (excluding diaryl/α,β-unsaturated/α-hetero) is 1. The first-order valence-corrected chi connectivity index (χ1v) is 7.18. The average Bonchev–Trinajstić information content (AvgIpc) is 2.54. The van der Waals surface area contributed by atoms with Crippen LogP contribution in [0.5, 0.6) is 0 Å². The second-order valence-corrected chi connectivity index (χ2v) is 4.78. The van der Waals surface area contributed by atoms with Crippen LogP contribution in [0.2, 0.25) is 0 Å². The molecule has 5 heteroatoms. The third kappa shape index (κ3) is 3.31. The van der Waals surface area contributed by atoms with E-state index in [9.17, 15) is 9.59 Å². The lowest BCUT2D eigenvalue weighted by molar-refractivity contribution is 0.0696. The summed E-state index contributed by atoms with van der Waals surface area (Å²) in [6.45, 7) is 4.42. The van der Waals surface area contributed by atoms with Crippen LogP contribution in [0.25, 0.3) is 11.3 Å². The van der Waals surface area contributed by atoms with Crippen molar-refractivity contribution in [2.75, 3.05) is 11.9 Å². The molecule has 2 aromatic rings. The molecule has 0 saturated carbocycles. The van der Waals surface area contributed by atoms with Crippen LogP contribution in [-0.4, -0.2) is 28.4 Å². The number of rotatable bonds is 6. The third-order valence-electron chi connectivity index (χ3n) is 3.29.